The maximum absolute atomic E-state index is 2.77. The van der Waals surface area contributed by atoms with Gasteiger partial charge in [-0.25, -0.2) is 0 Å². The summed E-state index contributed by atoms with van der Waals surface area (Å²) in [6.07, 6.45) is 2.78. The van der Waals surface area contributed by atoms with Gasteiger partial charge < -0.3 is 0 Å². The predicted molar refractivity (Wildman–Crippen MR) is 72.7 cm³/mol. The van der Waals surface area contributed by atoms with Crippen LogP contribution >= 0.6 is 0 Å². The van der Waals surface area contributed by atoms with Crippen LogP contribution in [0.5, 0.6) is 0 Å². The molecule has 0 atom stereocenters. The molecule has 0 aliphatic rings. The van der Waals surface area contributed by atoms with Crippen LogP contribution in [0.2, 0.25) is 5.25 Å². The molecule has 0 rings (SSSR count). The van der Waals surface area contributed by atoms with Gasteiger partial charge in [0.15, 0.2) is 0 Å². The molecule has 0 saturated heterocycles. The topological polar surface area (TPSA) is 6.48 Å². The van der Waals surface area contributed by atoms with E-state index in [1.165, 1.54) is 44.3 Å². The predicted octanol–water partition coefficient (Wildman–Crippen LogP) is 2.69. The van der Waals surface area contributed by atoms with Crippen molar-refractivity contribution in [3.63, 3.8) is 0 Å². The molecule has 0 amide bonds. The van der Waals surface area contributed by atoms with Crippen LogP contribution in [0.25, 0.3) is 0 Å². The molecule has 2 nitrogen and oxygen atoms in total. The summed E-state index contributed by atoms with van der Waals surface area (Å²) in [4.78, 5) is 0. The Morgan fingerprint density at radius 2 is 1.13 bits per heavy atom. The molecule has 0 aliphatic carbocycles. The zero-order valence-electron chi connectivity index (χ0n) is 11.4. The van der Waals surface area contributed by atoms with E-state index in [0.29, 0.717) is 0 Å². The molecule has 0 aromatic rings. The summed E-state index contributed by atoms with van der Waals surface area (Å²) in [6, 6.07) is 0. The van der Waals surface area contributed by atoms with Gasteiger partial charge in [0, 0.05) is 0 Å². The molecule has 92 valence electrons. The molecule has 0 aromatic heterocycles. The van der Waals surface area contributed by atoms with Crippen LogP contribution in [0, 0.1) is 0 Å². The molecule has 0 aliphatic heterocycles. The van der Waals surface area contributed by atoms with E-state index in [0.717, 1.165) is 0 Å². The van der Waals surface area contributed by atoms with Crippen LogP contribution < -0.4 is 0 Å². The van der Waals surface area contributed by atoms with E-state index >= 15 is 0 Å². The second kappa shape index (κ2) is 9.67. The summed E-state index contributed by atoms with van der Waals surface area (Å²) in [6.45, 7) is 16.6. The normalized spacial score (nSPS) is 12.0. The van der Waals surface area contributed by atoms with Crippen molar-refractivity contribution < 1.29 is 0 Å². The van der Waals surface area contributed by atoms with E-state index < -0.39 is 14.8 Å². The van der Waals surface area contributed by atoms with Gasteiger partial charge in [-0.3, -0.25) is 0 Å². The standard InChI is InChI=1S/C12H30GeN2/c1-6-11-12-13(14(7-2)8-3)15(9-4)10-5/h13H,6-12H2,1-5H3. The number of hydrogen-bond acceptors (Lipinski definition) is 2. The molecule has 0 bridgehead atoms. The minimum absolute atomic E-state index is 1.25. The van der Waals surface area contributed by atoms with E-state index in [4.69, 9.17) is 0 Å². The van der Waals surface area contributed by atoms with Crippen LogP contribution in [0.3, 0.4) is 0 Å². The quantitative estimate of drug-likeness (QED) is 0.597. The first kappa shape index (κ1) is 15.5. The fraction of sp³-hybridized carbons (Fsp3) is 1.00. The number of hydrogen-bond donors (Lipinski definition) is 0. The molecule has 15 heavy (non-hydrogen) atoms. The van der Waals surface area contributed by atoms with Gasteiger partial charge in [0.05, 0.1) is 0 Å². The van der Waals surface area contributed by atoms with Crippen LogP contribution in [0.1, 0.15) is 47.5 Å². The first-order valence-electron chi connectivity index (χ1n) is 6.73. The summed E-state index contributed by atoms with van der Waals surface area (Å²) >= 11 is -1.33. The van der Waals surface area contributed by atoms with Gasteiger partial charge in [-0.15, -0.1) is 0 Å². The van der Waals surface area contributed by atoms with Gasteiger partial charge in [-0.2, -0.15) is 0 Å². The van der Waals surface area contributed by atoms with E-state index in [1.54, 1.807) is 0 Å². The summed E-state index contributed by atoms with van der Waals surface area (Å²) in [5.74, 6) is 0. The summed E-state index contributed by atoms with van der Waals surface area (Å²) in [5, 5.41) is 1.51. The Balaban J connectivity index is 4.38. The molecule has 3 heteroatoms. The summed E-state index contributed by atoms with van der Waals surface area (Å²) in [7, 11) is 0. The Kier molecular flexibility index (Phi) is 9.97. The van der Waals surface area contributed by atoms with Gasteiger partial charge in [0.1, 0.15) is 0 Å². The van der Waals surface area contributed by atoms with E-state index in [1.807, 2.05) is 0 Å². The summed E-state index contributed by atoms with van der Waals surface area (Å²) in [5.41, 5.74) is 0. The van der Waals surface area contributed by atoms with E-state index in [2.05, 4.69) is 42.3 Å². The second-order valence-corrected chi connectivity index (χ2v) is 10.4. The molecular formula is C12H30GeN2. The number of nitrogens with zero attached hydrogens (tertiary/aromatic N) is 2. The van der Waals surface area contributed by atoms with Crippen molar-refractivity contribution in [2.75, 3.05) is 26.2 Å². The average Bonchev–Trinajstić information content (AvgIpc) is 2.28. The van der Waals surface area contributed by atoms with Crippen LogP contribution in [0.4, 0.5) is 0 Å². The van der Waals surface area contributed by atoms with Crippen LogP contribution in [0.15, 0.2) is 0 Å². The minimum atomic E-state index is -1.33. The molecule has 0 N–H and O–H groups in total. The molecule has 0 radical (unpaired) electrons. The van der Waals surface area contributed by atoms with Gasteiger partial charge >= 0.3 is 101 Å². The monoisotopic (exact) mass is 276 g/mol. The van der Waals surface area contributed by atoms with Crippen molar-refractivity contribution in [3.8, 4) is 0 Å². The van der Waals surface area contributed by atoms with Crippen LogP contribution in [-0.4, -0.2) is 48.7 Å². The second-order valence-electron chi connectivity index (χ2n) is 4.07. The third-order valence-electron chi connectivity index (χ3n) is 3.28. The van der Waals surface area contributed by atoms with Gasteiger partial charge in [-0.05, 0) is 0 Å². The third-order valence-corrected chi connectivity index (χ3v) is 11.8. The average molecular weight is 275 g/mol. The fourth-order valence-electron chi connectivity index (χ4n) is 2.27. The Morgan fingerprint density at radius 3 is 1.40 bits per heavy atom. The Bertz CT molecular complexity index is 122. The first-order valence-corrected chi connectivity index (χ1v) is 10.6. The zero-order chi connectivity index (χ0) is 11.7. The Morgan fingerprint density at radius 1 is 0.733 bits per heavy atom. The van der Waals surface area contributed by atoms with Crippen molar-refractivity contribution in [2.24, 2.45) is 0 Å². The van der Waals surface area contributed by atoms with Crippen molar-refractivity contribution in [1.29, 1.82) is 0 Å². The van der Waals surface area contributed by atoms with Crippen LogP contribution in [-0.2, 0) is 0 Å². The SMILES string of the molecule is CCC[CH2][GeH]([N](CC)CC)[N](CC)CC. The molecule has 0 aromatic carbocycles. The van der Waals surface area contributed by atoms with Gasteiger partial charge in [-0.1, -0.05) is 0 Å². The van der Waals surface area contributed by atoms with Crippen molar-refractivity contribution in [2.45, 2.75) is 52.7 Å². The molecule has 0 heterocycles. The molecule has 0 fully saturated rings. The van der Waals surface area contributed by atoms with Crippen molar-refractivity contribution in [1.82, 2.24) is 7.71 Å². The van der Waals surface area contributed by atoms with Crippen molar-refractivity contribution >= 4 is 14.8 Å². The van der Waals surface area contributed by atoms with E-state index in [9.17, 15) is 0 Å². The molecule has 0 saturated carbocycles. The Hall–Kier alpha value is 0.463. The fourth-order valence-corrected chi connectivity index (χ4v) is 9.93. The number of unbranched alkanes of at least 4 members (excludes halogenated alkanes) is 1. The summed E-state index contributed by atoms with van der Waals surface area (Å²) < 4.78 is 5.55. The zero-order valence-corrected chi connectivity index (χ0v) is 13.8. The Labute approximate surface area is 102 Å². The first-order chi connectivity index (χ1) is 7.24. The van der Waals surface area contributed by atoms with Gasteiger partial charge in [0.25, 0.3) is 0 Å². The van der Waals surface area contributed by atoms with Crippen molar-refractivity contribution in [3.05, 3.63) is 0 Å². The third kappa shape index (κ3) is 5.36. The molecule has 0 spiro atoms. The molecular weight excluding hydrogens is 245 g/mol. The van der Waals surface area contributed by atoms with Gasteiger partial charge in [0.2, 0.25) is 0 Å². The molecule has 0 unspecified atom stereocenters. The van der Waals surface area contributed by atoms with E-state index in [-0.39, 0.29) is 0 Å². The maximum atomic E-state index is 2.77. The number of rotatable bonds is 9.